The average molecular weight is 254 g/mol. The number of benzene rings is 2. The summed E-state index contributed by atoms with van der Waals surface area (Å²) in [4.78, 5) is 4.37. The summed E-state index contributed by atoms with van der Waals surface area (Å²) in [6, 6.07) is 15.3. The number of nitrogen functional groups attached to an aromatic ring is 1. The third-order valence-electron chi connectivity index (χ3n) is 2.46. The molecule has 18 heavy (non-hydrogen) atoms. The van der Waals surface area contributed by atoms with Gasteiger partial charge in [-0.15, -0.1) is 10.2 Å². The van der Waals surface area contributed by atoms with Crippen molar-refractivity contribution in [3.8, 4) is 0 Å². The number of nitrogens with zero attached hydrogens (tertiary/aromatic N) is 3. The van der Waals surface area contributed by atoms with E-state index in [0.29, 0.717) is 16.5 Å². The van der Waals surface area contributed by atoms with E-state index in [1.54, 1.807) is 6.07 Å². The zero-order valence-corrected chi connectivity index (χ0v) is 10.3. The van der Waals surface area contributed by atoms with Gasteiger partial charge in [0.25, 0.3) is 0 Å². The standard InChI is InChI=1S/C13H10N4S/c14-9-5-1-2-6-10(9)16-17-13-15-11-7-3-4-8-12(11)18-13/h1-8H,14H2. The van der Waals surface area contributed by atoms with Gasteiger partial charge >= 0.3 is 0 Å². The fourth-order valence-electron chi connectivity index (χ4n) is 1.58. The molecule has 2 aromatic carbocycles. The third-order valence-corrected chi connectivity index (χ3v) is 3.38. The lowest BCUT2D eigenvalue weighted by Crippen LogP contribution is -1.82. The molecule has 0 aliphatic rings. The molecule has 0 amide bonds. The highest BCUT2D eigenvalue weighted by Crippen LogP contribution is 2.30. The summed E-state index contributed by atoms with van der Waals surface area (Å²) in [7, 11) is 0. The molecule has 0 fully saturated rings. The molecule has 0 aliphatic heterocycles. The van der Waals surface area contributed by atoms with E-state index in [9.17, 15) is 0 Å². The van der Waals surface area contributed by atoms with Gasteiger partial charge < -0.3 is 5.73 Å². The molecule has 5 heteroatoms. The number of hydrogen-bond acceptors (Lipinski definition) is 5. The van der Waals surface area contributed by atoms with E-state index in [-0.39, 0.29) is 0 Å². The lowest BCUT2D eigenvalue weighted by molar-refractivity contribution is 1.21. The van der Waals surface area contributed by atoms with E-state index in [2.05, 4.69) is 15.2 Å². The van der Waals surface area contributed by atoms with E-state index in [0.717, 1.165) is 10.2 Å². The Morgan fingerprint density at radius 3 is 2.56 bits per heavy atom. The van der Waals surface area contributed by atoms with Gasteiger partial charge in [0.05, 0.1) is 15.9 Å². The minimum absolute atomic E-state index is 0.613. The number of nitrogens with two attached hydrogens (primary N) is 1. The molecule has 0 spiro atoms. The van der Waals surface area contributed by atoms with Crippen LogP contribution in [0.2, 0.25) is 0 Å². The Hall–Kier alpha value is -2.27. The second-order valence-electron chi connectivity index (χ2n) is 3.72. The maximum Gasteiger partial charge on any atom is 0.231 e. The zero-order chi connectivity index (χ0) is 12.4. The molecule has 1 heterocycles. The topological polar surface area (TPSA) is 63.6 Å². The van der Waals surface area contributed by atoms with Gasteiger partial charge in [-0.3, -0.25) is 0 Å². The van der Waals surface area contributed by atoms with Gasteiger partial charge in [0.1, 0.15) is 5.69 Å². The number of anilines is 1. The van der Waals surface area contributed by atoms with E-state index in [4.69, 9.17) is 5.73 Å². The molecule has 3 rings (SSSR count). The molecular weight excluding hydrogens is 244 g/mol. The number of fused-ring (bicyclic) bond motifs is 1. The number of aromatic nitrogens is 1. The zero-order valence-electron chi connectivity index (χ0n) is 9.45. The van der Waals surface area contributed by atoms with Crippen molar-refractivity contribution in [3.63, 3.8) is 0 Å². The first-order chi connectivity index (χ1) is 8.83. The summed E-state index contributed by atoms with van der Waals surface area (Å²) < 4.78 is 1.10. The maximum atomic E-state index is 5.79. The van der Waals surface area contributed by atoms with Crippen molar-refractivity contribution < 1.29 is 0 Å². The van der Waals surface area contributed by atoms with Gasteiger partial charge in [0.15, 0.2) is 0 Å². The Balaban J connectivity index is 1.95. The smallest absolute Gasteiger partial charge is 0.231 e. The first-order valence-corrected chi connectivity index (χ1v) is 6.26. The number of para-hydroxylation sites is 2. The van der Waals surface area contributed by atoms with Crippen molar-refractivity contribution in [2.45, 2.75) is 0 Å². The van der Waals surface area contributed by atoms with Crippen molar-refractivity contribution in [1.82, 2.24) is 4.98 Å². The number of thiazole rings is 1. The molecule has 3 aromatic rings. The Morgan fingerprint density at radius 2 is 1.72 bits per heavy atom. The summed E-state index contributed by atoms with van der Waals surface area (Å²) in [6.45, 7) is 0. The second kappa shape index (κ2) is 4.54. The highest BCUT2D eigenvalue weighted by Gasteiger charge is 2.01. The SMILES string of the molecule is Nc1ccccc1N=Nc1nc2ccccc2s1. The summed E-state index contributed by atoms with van der Waals surface area (Å²) in [5, 5.41) is 8.88. The maximum absolute atomic E-state index is 5.79. The minimum Gasteiger partial charge on any atom is -0.397 e. The summed E-state index contributed by atoms with van der Waals surface area (Å²) in [5.41, 5.74) is 8.01. The molecule has 0 unspecified atom stereocenters. The van der Waals surface area contributed by atoms with E-state index in [1.165, 1.54) is 11.3 Å². The fourth-order valence-corrected chi connectivity index (χ4v) is 2.37. The number of azo groups is 1. The normalized spacial score (nSPS) is 11.3. The van der Waals surface area contributed by atoms with Crippen LogP contribution in [-0.2, 0) is 0 Å². The first kappa shape index (κ1) is 10.9. The summed E-state index contributed by atoms with van der Waals surface area (Å²) >= 11 is 1.51. The van der Waals surface area contributed by atoms with Gasteiger partial charge in [-0.1, -0.05) is 35.6 Å². The minimum atomic E-state index is 0.613. The van der Waals surface area contributed by atoms with Gasteiger partial charge in [0.2, 0.25) is 5.13 Å². The predicted molar refractivity (Wildman–Crippen MR) is 74.7 cm³/mol. The Bertz CT molecular complexity index is 685. The molecule has 4 nitrogen and oxygen atoms in total. The molecule has 88 valence electrons. The van der Waals surface area contributed by atoms with Crippen LogP contribution in [0.4, 0.5) is 16.5 Å². The first-order valence-electron chi connectivity index (χ1n) is 5.45. The molecule has 0 saturated heterocycles. The molecule has 0 saturated carbocycles. The van der Waals surface area contributed by atoms with Gasteiger partial charge in [-0.05, 0) is 24.3 Å². The largest absolute Gasteiger partial charge is 0.397 e. The molecule has 2 N–H and O–H groups in total. The van der Waals surface area contributed by atoms with Gasteiger partial charge in [0, 0.05) is 0 Å². The summed E-state index contributed by atoms with van der Waals surface area (Å²) in [6.07, 6.45) is 0. The monoisotopic (exact) mass is 254 g/mol. The van der Waals surface area contributed by atoms with Crippen molar-refractivity contribution in [3.05, 3.63) is 48.5 Å². The second-order valence-corrected chi connectivity index (χ2v) is 4.73. The molecule has 0 aliphatic carbocycles. The molecule has 1 aromatic heterocycles. The quantitative estimate of drug-likeness (QED) is 0.547. The lowest BCUT2D eigenvalue weighted by Gasteiger charge is -1.95. The third kappa shape index (κ3) is 2.08. The van der Waals surface area contributed by atoms with Gasteiger partial charge in [-0.2, -0.15) is 0 Å². The van der Waals surface area contributed by atoms with Crippen molar-refractivity contribution >= 4 is 38.1 Å². The Morgan fingerprint density at radius 1 is 0.944 bits per heavy atom. The highest BCUT2D eigenvalue weighted by atomic mass is 32.1. The van der Waals surface area contributed by atoms with Crippen molar-refractivity contribution in [1.29, 1.82) is 0 Å². The van der Waals surface area contributed by atoms with Crippen LogP contribution < -0.4 is 5.73 Å². The molecule has 0 atom stereocenters. The van der Waals surface area contributed by atoms with Crippen LogP contribution in [0.1, 0.15) is 0 Å². The lowest BCUT2D eigenvalue weighted by atomic mass is 10.3. The number of rotatable bonds is 2. The highest BCUT2D eigenvalue weighted by molar-refractivity contribution is 7.21. The fraction of sp³-hybridized carbons (Fsp3) is 0. The predicted octanol–water partition coefficient (Wildman–Crippen LogP) is 4.29. The van der Waals surface area contributed by atoms with E-state index in [1.807, 2.05) is 42.5 Å². The van der Waals surface area contributed by atoms with Crippen LogP contribution in [0.25, 0.3) is 10.2 Å². The van der Waals surface area contributed by atoms with Crippen LogP contribution in [0.15, 0.2) is 58.8 Å². The van der Waals surface area contributed by atoms with Crippen LogP contribution in [0.3, 0.4) is 0 Å². The van der Waals surface area contributed by atoms with E-state index < -0.39 is 0 Å². The van der Waals surface area contributed by atoms with E-state index >= 15 is 0 Å². The van der Waals surface area contributed by atoms with Crippen LogP contribution in [0.5, 0.6) is 0 Å². The Labute approximate surface area is 108 Å². The van der Waals surface area contributed by atoms with Crippen LogP contribution in [-0.4, -0.2) is 4.98 Å². The van der Waals surface area contributed by atoms with Crippen molar-refractivity contribution in [2.75, 3.05) is 5.73 Å². The van der Waals surface area contributed by atoms with Crippen LogP contribution >= 0.6 is 11.3 Å². The molecule has 0 bridgehead atoms. The molecule has 0 radical (unpaired) electrons. The molecular formula is C13H10N4S. The number of hydrogen-bond donors (Lipinski definition) is 1. The summed E-state index contributed by atoms with van der Waals surface area (Å²) in [5.74, 6) is 0. The van der Waals surface area contributed by atoms with Gasteiger partial charge in [-0.25, -0.2) is 4.98 Å². The van der Waals surface area contributed by atoms with Crippen molar-refractivity contribution in [2.24, 2.45) is 10.2 Å². The Kier molecular flexibility index (Phi) is 2.74. The average Bonchev–Trinajstić information content (AvgIpc) is 2.80. The van der Waals surface area contributed by atoms with Crippen LogP contribution in [0, 0.1) is 0 Å².